The number of rotatable bonds is 4. The Hall–Kier alpha value is -0.610. The number of nitrogens with zero attached hydrogens (tertiary/aromatic N) is 1. The molecule has 1 N–H and O–H groups in total. The van der Waals surface area contributed by atoms with Crippen LogP contribution >= 0.6 is 0 Å². The molecule has 1 amide bonds. The smallest absolute Gasteiger partial charge is 0.209 e. The second kappa shape index (κ2) is 3.53. The van der Waals surface area contributed by atoms with E-state index in [4.69, 9.17) is 9.84 Å². The fourth-order valence-electron chi connectivity index (χ4n) is 0.880. The molecule has 0 aromatic heterocycles. The fraction of sp³-hybridized carbons (Fsp3) is 0.833. The molecule has 0 aromatic rings. The lowest BCUT2D eigenvalue weighted by atomic mass is 10.2. The third-order valence-electron chi connectivity index (χ3n) is 1.47. The zero-order valence-corrected chi connectivity index (χ0v) is 5.69. The molecule has 0 aromatic carbocycles. The Labute approximate surface area is 59.4 Å². The van der Waals surface area contributed by atoms with Gasteiger partial charge in [0, 0.05) is 13.1 Å². The summed E-state index contributed by atoms with van der Waals surface area (Å²) in [6.45, 7) is 1.77. The van der Waals surface area contributed by atoms with Gasteiger partial charge in [0.05, 0.1) is 19.3 Å². The first-order valence-electron chi connectivity index (χ1n) is 3.28. The van der Waals surface area contributed by atoms with Crippen molar-refractivity contribution in [3.05, 3.63) is 0 Å². The van der Waals surface area contributed by atoms with Gasteiger partial charge in [-0.05, 0) is 0 Å². The molecule has 0 bridgehead atoms. The standard InChI is InChI=1S/C6H11NO3/c8-1-2-10-6-3-7(4-6)5-9/h5-6,8H,1-4H2. The molecule has 0 radical (unpaired) electrons. The minimum absolute atomic E-state index is 0.0532. The molecule has 1 fully saturated rings. The highest BCUT2D eigenvalue weighted by Crippen LogP contribution is 2.07. The number of amides is 1. The molecular formula is C6H11NO3. The molecule has 0 aliphatic carbocycles. The van der Waals surface area contributed by atoms with Crippen molar-refractivity contribution in [1.29, 1.82) is 0 Å². The topological polar surface area (TPSA) is 49.8 Å². The Morgan fingerprint density at radius 3 is 2.90 bits per heavy atom. The zero-order valence-electron chi connectivity index (χ0n) is 5.69. The molecule has 4 heteroatoms. The third kappa shape index (κ3) is 1.68. The minimum atomic E-state index is 0.0532. The molecule has 1 aliphatic heterocycles. The van der Waals surface area contributed by atoms with Crippen molar-refractivity contribution in [2.75, 3.05) is 26.3 Å². The molecule has 10 heavy (non-hydrogen) atoms. The summed E-state index contributed by atoms with van der Waals surface area (Å²) in [7, 11) is 0. The van der Waals surface area contributed by atoms with E-state index in [1.807, 2.05) is 0 Å². The van der Waals surface area contributed by atoms with Crippen LogP contribution in [0, 0.1) is 0 Å². The molecular weight excluding hydrogens is 134 g/mol. The second-order valence-electron chi connectivity index (χ2n) is 2.28. The van der Waals surface area contributed by atoms with Gasteiger partial charge < -0.3 is 14.7 Å². The van der Waals surface area contributed by atoms with Crippen LogP contribution < -0.4 is 0 Å². The summed E-state index contributed by atoms with van der Waals surface area (Å²) in [4.78, 5) is 11.7. The van der Waals surface area contributed by atoms with Crippen molar-refractivity contribution in [1.82, 2.24) is 4.90 Å². The molecule has 1 saturated heterocycles. The summed E-state index contributed by atoms with van der Waals surface area (Å²) in [6, 6.07) is 0. The molecule has 58 valence electrons. The van der Waals surface area contributed by atoms with Gasteiger partial charge in [0.25, 0.3) is 0 Å². The first-order chi connectivity index (χ1) is 4.86. The van der Waals surface area contributed by atoms with Gasteiger partial charge in [-0.15, -0.1) is 0 Å². The van der Waals surface area contributed by atoms with Crippen LogP contribution in [0.15, 0.2) is 0 Å². The highest BCUT2D eigenvalue weighted by molar-refractivity contribution is 5.48. The Bertz CT molecular complexity index is 112. The van der Waals surface area contributed by atoms with Crippen molar-refractivity contribution >= 4 is 6.41 Å². The second-order valence-corrected chi connectivity index (χ2v) is 2.28. The highest BCUT2D eigenvalue weighted by atomic mass is 16.5. The maximum absolute atomic E-state index is 10.0. The van der Waals surface area contributed by atoms with Crippen LogP contribution in [0.1, 0.15) is 0 Å². The largest absolute Gasteiger partial charge is 0.394 e. The number of ether oxygens (including phenoxy) is 1. The van der Waals surface area contributed by atoms with E-state index in [9.17, 15) is 4.79 Å². The highest BCUT2D eigenvalue weighted by Gasteiger charge is 2.25. The van der Waals surface area contributed by atoms with Crippen LogP contribution in [0.4, 0.5) is 0 Å². The summed E-state index contributed by atoms with van der Waals surface area (Å²) in [5, 5.41) is 8.35. The van der Waals surface area contributed by atoms with Crippen LogP contribution in [-0.4, -0.2) is 48.8 Å². The molecule has 0 atom stereocenters. The Balaban J connectivity index is 1.97. The van der Waals surface area contributed by atoms with Gasteiger partial charge in [0.2, 0.25) is 6.41 Å². The van der Waals surface area contributed by atoms with Crippen LogP contribution in [0.2, 0.25) is 0 Å². The van der Waals surface area contributed by atoms with Crippen molar-refractivity contribution in [2.24, 2.45) is 0 Å². The molecule has 0 spiro atoms. The van der Waals surface area contributed by atoms with Gasteiger partial charge >= 0.3 is 0 Å². The molecule has 1 aliphatic rings. The summed E-state index contributed by atoms with van der Waals surface area (Å²) in [6.07, 6.45) is 0.955. The van der Waals surface area contributed by atoms with E-state index in [2.05, 4.69) is 0 Å². The van der Waals surface area contributed by atoms with E-state index in [1.165, 1.54) is 0 Å². The summed E-state index contributed by atoms with van der Waals surface area (Å²) >= 11 is 0. The summed E-state index contributed by atoms with van der Waals surface area (Å²) in [5.41, 5.74) is 0. The van der Waals surface area contributed by atoms with Crippen molar-refractivity contribution < 1.29 is 14.6 Å². The molecule has 4 nitrogen and oxygen atoms in total. The Morgan fingerprint density at radius 2 is 2.40 bits per heavy atom. The Kier molecular flexibility index (Phi) is 2.65. The number of hydrogen-bond donors (Lipinski definition) is 1. The van der Waals surface area contributed by atoms with Crippen LogP contribution in [0.3, 0.4) is 0 Å². The lowest BCUT2D eigenvalue weighted by Gasteiger charge is -2.35. The van der Waals surface area contributed by atoms with E-state index < -0.39 is 0 Å². The van der Waals surface area contributed by atoms with Crippen molar-refractivity contribution in [2.45, 2.75) is 6.10 Å². The molecule has 1 heterocycles. The Morgan fingerprint density at radius 1 is 1.70 bits per heavy atom. The van der Waals surface area contributed by atoms with Crippen LogP contribution in [0.5, 0.6) is 0 Å². The lowest BCUT2D eigenvalue weighted by Crippen LogP contribution is -2.51. The maximum Gasteiger partial charge on any atom is 0.209 e. The van der Waals surface area contributed by atoms with Crippen LogP contribution in [0.25, 0.3) is 0 Å². The maximum atomic E-state index is 10.0. The van der Waals surface area contributed by atoms with Gasteiger partial charge in [-0.2, -0.15) is 0 Å². The van der Waals surface area contributed by atoms with E-state index >= 15 is 0 Å². The predicted octanol–water partition coefficient (Wildman–Crippen LogP) is -1.16. The number of carbonyl (C=O) groups is 1. The van der Waals surface area contributed by atoms with Crippen LogP contribution in [-0.2, 0) is 9.53 Å². The zero-order chi connectivity index (χ0) is 7.40. The average molecular weight is 145 g/mol. The van der Waals surface area contributed by atoms with E-state index in [0.29, 0.717) is 19.7 Å². The van der Waals surface area contributed by atoms with E-state index in [0.717, 1.165) is 6.41 Å². The van der Waals surface area contributed by atoms with Gasteiger partial charge in [-0.25, -0.2) is 0 Å². The summed E-state index contributed by atoms with van der Waals surface area (Å²) in [5.74, 6) is 0. The van der Waals surface area contributed by atoms with Gasteiger partial charge in [-0.1, -0.05) is 0 Å². The molecule has 0 saturated carbocycles. The predicted molar refractivity (Wildman–Crippen MR) is 34.5 cm³/mol. The van der Waals surface area contributed by atoms with Gasteiger partial charge in [-0.3, -0.25) is 4.79 Å². The summed E-state index contributed by atoms with van der Waals surface area (Å²) < 4.78 is 5.11. The number of hydrogen-bond acceptors (Lipinski definition) is 3. The number of aliphatic hydroxyl groups is 1. The number of carbonyl (C=O) groups excluding carboxylic acids is 1. The first kappa shape index (κ1) is 7.50. The first-order valence-corrected chi connectivity index (χ1v) is 3.28. The van der Waals surface area contributed by atoms with Gasteiger partial charge in [0.1, 0.15) is 0 Å². The van der Waals surface area contributed by atoms with E-state index in [-0.39, 0.29) is 12.7 Å². The minimum Gasteiger partial charge on any atom is -0.394 e. The van der Waals surface area contributed by atoms with Crippen molar-refractivity contribution in [3.63, 3.8) is 0 Å². The normalized spacial score (nSPS) is 18.7. The SMILES string of the molecule is O=CN1CC(OCCO)C1. The van der Waals surface area contributed by atoms with E-state index in [1.54, 1.807) is 4.90 Å². The molecule has 1 rings (SSSR count). The lowest BCUT2D eigenvalue weighted by molar-refractivity contribution is -0.131. The fourth-order valence-corrected chi connectivity index (χ4v) is 0.880. The third-order valence-corrected chi connectivity index (χ3v) is 1.47. The molecule has 0 unspecified atom stereocenters. The quantitative estimate of drug-likeness (QED) is 0.507. The van der Waals surface area contributed by atoms with Gasteiger partial charge in [0.15, 0.2) is 0 Å². The monoisotopic (exact) mass is 145 g/mol. The number of aliphatic hydroxyl groups excluding tert-OH is 1. The number of likely N-dealkylation sites (tertiary alicyclic amines) is 1. The van der Waals surface area contributed by atoms with Crippen molar-refractivity contribution in [3.8, 4) is 0 Å². The average Bonchev–Trinajstić information content (AvgIpc) is 1.86.